The maximum atomic E-state index is 5.96. The molecule has 3 nitrogen and oxygen atoms in total. The Morgan fingerprint density at radius 1 is 0.857 bits per heavy atom. The van der Waals surface area contributed by atoms with Crippen molar-refractivity contribution in [2.45, 2.75) is 65.0 Å². The molecule has 0 saturated carbocycles. The first kappa shape index (κ1) is 19.4. The third-order valence-corrected chi connectivity index (χ3v) is 13.8. The van der Waals surface area contributed by atoms with Gasteiger partial charge in [-0.2, -0.15) is 0 Å². The molecule has 5 heteroatoms. The van der Waals surface area contributed by atoms with Crippen molar-refractivity contribution in [1.29, 1.82) is 0 Å². The molecule has 0 aromatic rings. The maximum absolute atomic E-state index is 5.96. The Labute approximate surface area is 135 Å². The second kappa shape index (κ2) is 8.82. The lowest BCUT2D eigenvalue weighted by molar-refractivity contribution is 0.186. The molecule has 0 aromatic heterocycles. The Kier molecular flexibility index (Phi) is 8.13. The van der Waals surface area contributed by atoms with Crippen molar-refractivity contribution >= 4 is 16.6 Å². The second-order valence-corrected chi connectivity index (χ2v) is 16.6. The predicted octanol–water partition coefficient (Wildman–Crippen LogP) is 3.85. The van der Waals surface area contributed by atoms with Gasteiger partial charge in [-0.15, -0.1) is 0 Å². The first-order valence-corrected chi connectivity index (χ1v) is 14.7. The molecule has 0 N–H and O–H groups in total. The van der Waals surface area contributed by atoms with E-state index in [0.717, 1.165) is 6.61 Å². The smallest absolute Gasteiger partial charge is 0.187 e. The van der Waals surface area contributed by atoms with Gasteiger partial charge in [0, 0.05) is 32.8 Å². The summed E-state index contributed by atoms with van der Waals surface area (Å²) >= 11 is 0. The Morgan fingerprint density at radius 3 is 1.81 bits per heavy atom. The lowest BCUT2D eigenvalue weighted by Gasteiger charge is -2.46. The molecule has 0 atom stereocenters. The SMILES string of the molecule is CCO[Si](C)(C)CCN1CCN([Si](CC)(CC)CC)CC1. The molecule has 21 heavy (non-hydrogen) atoms. The van der Waals surface area contributed by atoms with Gasteiger partial charge in [0.1, 0.15) is 8.24 Å². The van der Waals surface area contributed by atoms with Gasteiger partial charge in [0.25, 0.3) is 0 Å². The van der Waals surface area contributed by atoms with Crippen LogP contribution in [-0.2, 0) is 4.43 Å². The average Bonchev–Trinajstić information content (AvgIpc) is 2.49. The van der Waals surface area contributed by atoms with Gasteiger partial charge in [0.2, 0.25) is 0 Å². The molecule has 0 amide bonds. The van der Waals surface area contributed by atoms with Crippen LogP contribution in [0.1, 0.15) is 27.7 Å². The van der Waals surface area contributed by atoms with E-state index >= 15 is 0 Å². The van der Waals surface area contributed by atoms with Crippen LogP contribution in [0.3, 0.4) is 0 Å². The van der Waals surface area contributed by atoms with E-state index in [2.05, 4.69) is 50.3 Å². The highest BCUT2D eigenvalue weighted by Crippen LogP contribution is 2.26. The van der Waals surface area contributed by atoms with Crippen LogP contribution in [0.5, 0.6) is 0 Å². The molecule has 1 saturated heterocycles. The summed E-state index contributed by atoms with van der Waals surface area (Å²) in [5, 5.41) is 0. The fourth-order valence-electron chi connectivity index (χ4n) is 3.76. The molecule has 1 heterocycles. The normalized spacial score (nSPS) is 19.1. The van der Waals surface area contributed by atoms with Crippen molar-refractivity contribution in [3.8, 4) is 0 Å². The summed E-state index contributed by atoms with van der Waals surface area (Å²) in [6.45, 7) is 21.4. The highest BCUT2D eigenvalue weighted by atomic mass is 28.4. The zero-order valence-corrected chi connectivity index (χ0v) is 17.4. The lowest BCUT2D eigenvalue weighted by Crippen LogP contribution is -2.59. The van der Waals surface area contributed by atoms with Gasteiger partial charge < -0.3 is 13.9 Å². The Balaban J connectivity index is 2.42. The van der Waals surface area contributed by atoms with Crippen LogP contribution < -0.4 is 0 Å². The lowest BCUT2D eigenvalue weighted by atomic mass is 10.4. The standard InChI is InChI=1S/C16H38N2OSi2/c1-7-19-20(5,6)16-15-17-11-13-18(14-12-17)21(8-2,9-3)10-4/h7-16H2,1-6H3. The van der Waals surface area contributed by atoms with E-state index in [0.29, 0.717) is 0 Å². The summed E-state index contributed by atoms with van der Waals surface area (Å²) in [5.74, 6) is 0. The Bertz CT molecular complexity index is 280. The first-order valence-electron chi connectivity index (χ1n) is 9.04. The Hall–Kier alpha value is 0.314. The van der Waals surface area contributed by atoms with E-state index in [1.165, 1.54) is 56.9 Å². The fraction of sp³-hybridized carbons (Fsp3) is 1.00. The molecule has 1 rings (SSSR count). The minimum Gasteiger partial charge on any atom is -0.418 e. The molecule has 0 aromatic carbocycles. The predicted molar refractivity (Wildman–Crippen MR) is 99.1 cm³/mol. The highest BCUT2D eigenvalue weighted by Gasteiger charge is 2.36. The third kappa shape index (κ3) is 5.46. The van der Waals surface area contributed by atoms with E-state index < -0.39 is 16.6 Å². The molecule has 0 radical (unpaired) electrons. The number of hydrogen-bond donors (Lipinski definition) is 0. The van der Waals surface area contributed by atoms with Crippen LogP contribution in [0.15, 0.2) is 0 Å². The van der Waals surface area contributed by atoms with Gasteiger partial charge in [-0.25, -0.2) is 0 Å². The van der Waals surface area contributed by atoms with Gasteiger partial charge >= 0.3 is 0 Å². The van der Waals surface area contributed by atoms with Crippen molar-refractivity contribution in [1.82, 2.24) is 9.47 Å². The van der Waals surface area contributed by atoms with E-state index in [-0.39, 0.29) is 0 Å². The largest absolute Gasteiger partial charge is 0.418 e. The van der Waals surface area contributed by atoms with E-state index in [1.54, 1.807) is 0 Å². The van der Waals surface area contributed by atoms with Crippen LogP contribution in [0.4, 0.5) is 0 Å². The van der Waals surface area contributed by atoms with Crippen LogP contribution in [-0.4, -0.2) is 65.3 Å². The number of hydrogen-bond acceptors (Lipinski definition) is 3. The summed E-state index contributed by atoms with van der Waals surface area (Å²) in [6.07, 6.45) is 0. The van der Waals surface area contributed by atoms with Crippen molar-refractivity contribution < 1.29 is 4.43 Å². The zero-order chi connectivity index (χ0) is 15.9. The minimum absolute atomic E-state index is 0.880. The molecule has 126 valence electrons. The quantitative estimate of drug-likeness (QED) is 0.597. The van der Waals surface area contributed by atoms with Crippen molar-refractivity contribution in [2.24, 2.45) is 0 Å². The first-order chi connectivity index (χ1) is 9.93. The molecule has 0 spiro atoms. The molecule has 0 bridgehead atoms. The zero-order valence-electron chi connectivity index (χ0n) is 15.4. The Morgan fingerprint density at radius 2 is 1.38 bits per heavy atom. The van der Waals surface area contributed by atoms with E-state index in [4.69, 9.17) is 4.43 Å². The highest BCUT2D eigenvalue weighted by molar-refractivity contribution is 6.77. The number of piperazine rings is 1. The van der Waals surface area contributed by atoms with Gasteiger partial charge in [-0.1, -0.05) is 20.8 Å². The molecule has 0 aliphatic carbocycles. The number of nitrogens with zero attached hydrogens (tertiary/aromatic N) is 2. The van der Waals surface area contributed by atoms with Gasteiger partial charge in [-0.3, -0.25) is 0 Å². The van der Waals surface area contributed by atoms with E-state index in [1.807, 2.05) is 0 Å². The molecule has 1 aliphatic heterocycles. The van der Waals surface area contributed by atoms with Gasteiger partial charge in [0.15, 0.2) is 8.32 Å². The summed E-state index contributed by atoms with van der Waals surface area (Å²) in [6, 6.07) is 5.54. The van der Waals surface area contributed by atoms with Gasteiger partial charge in [-0.05, 0) is 50.7 Å². The molecule has 1 aliphatic rings. The summed E-state index contributed by atoms with van der Waals surface area (Å²) in [5.41, 5.74) is 0. The van der Waals surface area contributed by atoms with Gasteiger partial charge in [0.05, 0.1) is 0 Å². The number of rotatable bonds is 9. The monoisotopic (exact) mass is 330 g/mol. The average molecular weight is 331 g/mol. The van der Waals surface area contributed by atoms with Crippen LogP contribution in [0.2, 0.25) is 37.3 Å². The second-order valence-electron chi connectivity index (χ2n) is 7.06. The summed E-state index contributed by atoms with van der Waals surface area (Å²) in [4.78, 5) is 2.67. The third-order valence-electron chi connectivity index (χ3n) is 5.58. The topological polar surface area (TPSA) is 15.7 Å². The molecular formula is C16H38N2OSi2. The van der Waals surface area contributed by atoms with Crippen LogP contribution >= 0.6 is 0 Å². The summed E-state index contributed by atoms with van der Waals surface area (Å²) in [7, 11) is -2.54. The summed E-state index contributed by atoms with van der Waals surface area (Å²) < 4.78 is 8.85. The molecule has 0 unspecified atom stereocenters. The van der Waals surface area contributed by atoms with Crippen molar-refractivity contribution in [3.05, 3.63) is 0 Å². The van der Waals surface area contributed by atoms with Crippen molar-refractivity contribution in [3.63, 3.8) is 0 Å². The molecular weight excluding hydrogens is 292 g/mol. The minimum atomic E-state index is -1.41. The maximum Gasteiger partial charge on any atom is 0.187 e. The molecule has 1 fully saturated rings. The fourth-order valence-corrected chi connectivity index (χ4v) is 9.53. The van der Waals surface area contributed by atoms with E-state index in [9.17, 15) is 0 Å². The van der Waals surface area contributed by atoms with Crippen LogP contribution in [0, 0.1) is 0 Å². The van der Waals surface area contributed by atoms with Crippen molar-refractivity contribution in [2.75, 3.05) is 39.3 Å². The van der Waals surface area contributed by atoms with Crippen LogP contribution in [0.25, 0.3) is 0 Å².